The lowest BCUT2D eigenvalue weighted by atomic mass is 9.97. The Hall–Kier alpha value is -1.49. The van der Waals surface area contributed by atoms with Gasteiger partial charge in [-0.05, 0) is 57.7 Å². The molecule has 0 aromatic carbocycles. The number of nitrogens with zero attached hydrogens (tertiary/aromatic N) is 2. The van der Waals surface area contributed by atoms with Crippen LogP contribution in [0.4, 0.5) is 4.79 Å². The Morgan fingerprint density at radius 2 is 2.05 bits per heavy atom. The van der Waals surface area contributed by atoms with E-state index in [0.29, 0.717) is 5.92 Å². The molecule has 1 fully saturated rings. The fraction of sp³-hybridized carbons (Fsp3) is 0.706. The van der Waals surface area contributed by atoms with Gasteiger partial charge >= 0.3 is 6.09 Å². The molecule has 1 amide bonds. The third-order valence-electron chi connectivity index (χ3n) is 3.92. The maximum Gasteiger partial charge on any atom is 0.410 e. The second-order valence-corrected chi connectivity index (χ2v) is 7.23. The van der Waals surface area contributed by atoms with Gasteiger partial charge in [0.1, 0.15) is 5.60 Å². The molecule has 0 unspecified atom stereocenters. The molecule has 1 saturated heterocycles. The first-order chi connectivity index (χ1) is 10.3. The van der Waals surface area contributed by atoms with Gasteiger partial charge in [-0.3, -0.25) is 0 Å². The average Bonchev–Trinajstić information content (AvgIpc) is 2.83. The van der Waals surface area contributed by atoms with Gasteiger partial charge in [0.05, 0.1) is 0 Å². The van der Waals surface area contributed by atoms with Gasteiger partial charge in [0.15, 0.2) is 0 Å². The summed E-state index contributed by atoms with van der Waals surface area (Å²) >= 11 is 0. The molecule has 124 valence electrons. The van der Waals surface area contributed by atoms with Crippen molar-refractivity contribution in [3.05, 3.63) is 24.0 Å². The van der Waals surface area contributed by atoms with E-state index in [-0.39, 0.29) is 6.09 Å². The largest absolute Gasteiger partial charge is 0.444 e. The molecular weight excluding hydrogens is 278 g/mol. The molecule has 1 aliphatic rings. The summed E-state index contributed by atoms with van der Waals surface area (Å²) in [6, 6.07) is 2.14. The number of nitrogens with one attached hydrogen (secondary N) is 1. The van der Waals surface area contributed by atoms with Crippen LogP contribution in [-0.4, -0.2) is 40.8 Å². The fourth-order valence-electron chi connectivity index (χ4n) is 2.73. The molecule has 0 bridgehead atoms. The van der Waals surface area contributed by atoms with E-state index in [1.165, 1.54) is 5.56 Å². The predicted octanol–water partition coefficient (Wildman–Crippen LogP) is 2.76. The maximum atomic E-state index is 12.0. The number of piperidine rings is 1. The Kier molecular flexibility index (Phi) is 5.51. The SMILES string of the molecule is Cn1ccc(CNCC2CCN(C(=O)OC(C)(C)C)CC2)c1. The summed E-state index contributed by atoms with van der Waals surface area (Å²) in [5.74, 6) is 0.641. The number of aromatic nitrogens is 1. The smallest absolute Gasteiger partial charge is 0.410 e. The highest BCUT2D eigenvalue weighted by Crippen LogP contribution is 2.19. The lowest BCUT2D eigenvalue weighted by molar-refractivity contribution is 0.0184. The molecule has 1 aromatic rings. The third-order valence-corrected chi connectivity index (χ3v) is 3.92. The Balaban J connectivity index is 1.65. The van der Waals surface area contributed by atoms with Gasteiger partial charge in [-0.25, -0.2) is 4.79 Å². The van der Waals surface area contributed by atoms with Crippen molar-refractivity contribution in [2.24, 2.45) is 13.0 Å². The summed E-state index contributed by atoms with van der Waals surface area (Å²) in [4.78, 5) is 13.8. The number of hydrogen-bond donors (Lipinski definition) is 1. The van der Waals surface area contributed by atoms with Crippen molar-refractivity contribution in [3.63, 3.8) is 0 Å². The monoisotopic (exact) mass is 307 g/mol. The molecular formula is C17H29N3O2. The first-order valence-electron chi connectivity index (χ1n) is 8.13. The number of hydrogen-bond acceptors (Lipinski definition) is 3. The van der Waals surface area contributed by atoms with Crippen LogP contribution in [-0.2, 0) is 18.3 Å². The van der Waals surface area contributed by atoms with Crippen LogP contribution in [0.5, 0.6) is 0 Å². The third kappa shape index (κ3) is 5.37. The highest BCUT2D eigenvalue weighted by atomic mass is 16.6. The first-order valence-corrected chi connectivity index (χ1v) is 8.13. The molecule has 1 aliphatic heterocycles. The van der Waals surface area contributed by atoms with Gasteiger partial charge in [0.2, 0.25) is 0 Å². The zero-order valence-corrected chi connectivity index (χ0v) is 14.3. The van der Waals surface area contributed by atoms with E-state index in [1.54, 1.807) is 0 Å². The molecule has 0 spiro atoms. The van der Waals surface area contributed by atoms with Gasteiger partial charge in [-0.2, -0.15) is 0 Å². The lowest BCUT2D eigenvalue weighted by Crippen LogP contribution is -2.43. The van der Waals surface area contributed by atoms with Crippen molar-refractivity contribution in [2.45, 2.75) is 45.8 Å². The van der Waals surface area contributed by atoms with Crippen LogP contribution in [0.1, 0.15) is 39.2 Å². The molecule has 0 aliphatic carbocycles. The molecule has 0 saturated carbocycles. The second-order valence-electron chi connectivity index (χ2n) is 7.23. The molecule has 2 rings (SSSR count). The number of likely N-dealkylation sites (tertiary alicyclic amines) is 1. The molecule has 1 aromatic heterocycles. The number of rotatable bonds is 4. The quantitative estimate of drug-likeness (QED) is 0.930. The zero-order valence-electron chi connectivity index (χ0n) is 14.3. The van der Waals surface area contributed by atoms with Crippen LogP contribution >= 0.6 is 0 Å². The lowest BCUT2D eigenvalue weighted by Gasteiger charge is -2.33. The van der Waals surface area contributed by atoms with Crippen molar-refractivity contribution >= 4 is 6.09 Å². The van der Waals surface area contributed by atoms with Crippen LogP contribution in [0.3, 0.4) is 0 Å². The average molecular weight is 307 g/mol. The van der Waals surface area contributed by atoms with E-state index in [2.05, 4.69) is 28.3 Å². The molecule has 0 atom stereocenters. The van der Waals surface area contributed by atoms with Crippen molar-refractivity contribution in [2.75, 3.05) is 19.6 Å². The Labute approximate surface area is 133 Å². The van der Waals surface area contributed by atoms with Crippen molar-refractivity contribution in [3.8, 4) is 0 Å². The number of carbonyl (C=O) groups excluding carboxylic acids is 1. The summed E-state index contributed by atoms with van der Waals surface area (Å²) in [5, 5.41) is 3.52. The van der Waals surface area contributed by atoms with Crippen LogP contribution in [0.15, 0.2) is 18.5 Å². The Morgan fingerprint density at radius 1 is 1.36 bits per heavy atom. The van der Waals surface area contributed by atoms with Crippen molar-refractivity contribution in [1.29, 1.82) is 0 Å². The van der Waals surface area contributed by atoms with Crippen LogP contribution < -0.4 is 5.32 Å². The summed E-state index contributed by atoms with van der Waals surface area (Å²) in [5.41, 5.74) is 0.902. The summed E-state index contributed by atoms with van der Waals surface area (Å²) < 4.78 is 7.49. The summed E-state index contributed by atoms with van der Waals surface area (Å²) in [6.07, 6.45) is 6.11. The first kappa shape index (κ1) is 16.9. The Morgan fingerprint density at radius 3 is 2.59 bits per heavy atom. The Bertz CT molecular complexity index is 482. The fourth-order valence-corrected chi connectivity index (χ4v) is 2.73. The molecule has 1 N–H and O–H groups in total. The van der Waals surface area contributed by atoms with E-state index in [4.69, 9.17) is 4.74 Å². The number of aryl methyl sites for hydroxylation is 1. The van der Waals surface area contributed by atoms with Gasteiger partial charge in [0.25, 0.3) is 0 Å². The van der Waals surface area contributed by atoms with Gasteiger partial charge < -0.3 is 19.5 Å². The van der Waals surface area contributed by atoms with E-state index in [0.717, 1.165) is 39.0 Å². The minimum absolute atomic E-state index is 0.178. The zero-order chi connectivity index (χ0) is 16.2. The van der Waals surface area contributed by atoms with E-state index < -0.39 is 5.60 Å². The maximum absolute atomic E-state index is 12.0. The van der Waals surface area contributed by atoms with Crippen LogP contribution in [0.25, 0.3) is 0 Å². The number of ether oxygens (including phenoxy) is 1. The molecule has 0 radical (unpaired) electrons. The van der Waals surface area contributed by atoms with Gasteiger partial charge in [-0.1, -0.05) is 0 Å². The van der Waals surface area contributed by atoms with E-state index in [9.17, 15) is 4.79 Å². The molecule has 5 heteroatoms. The highest BCUT2D eigenvalue weighted by molar-refractivity contribution is 5.68. The minimum Gasteiger partial charge on any atom is -0.444 e. The van der Waals surface area contributed by atoms with E-state index >= 15 is 0 Å². The van der Waals surface area contributed by atoms with E-state index in [1.807, 2.05) is 32.7 Å². The standard InChI is InChI=1S/C17H29N3O2/c1-17(2,3)22-16(21)20-9-6-14(7-10-20)11-18-12-15-5-8-19(4)13-15/h5,8,13-14,18H,6-7,9-12H2,1-4H3. The topological polar surface area (TPSA) is 46.5 Å². The summed E-state index contributed by atoms with van der Waals surface area (Å²) in [6.45, 7) is 9.24. The highest BCUT2D eigenvalue weighted by Gasteiger charge is 2.26. The van der Waals surface area contributed by atoms with Gasteiger partial charge in [0, 0.05) is 39.1 Å². The molecule has 2 heterocycles. The number of amides is 1. The molecule has 22 heavy (non-hydrogen) atoms. The van der Waals surface area contributed by atoms with Crippen LogP contribution in [0, 0.1) is 5.92 Å². The predicted molar refractivity (Wildman–Crippen MR) is 87.7 cm³/mol. The van der Waals surface area contributed by atoms with Crippen molar-refractivity contribution < 1.29 is 9.53 Å². The van der Waals surface area contributed by atoms with Gasteiger partial charge in [-0.15, -0.1) is 0 Å². The molecule has 5 nitrogen and oxygen atoms in total. The second kappa shape index (κ2) is 7.18. The number of carbonyl (C=O) groups is 1. The van der Waals surface area contributed by atoms with Crippen molar-refractivity contribution in [1.82, 2.24) is 14.8 Å². The summed E-state index contributed by atoms with van der Waals surface area (Å²) in [7, 11) is 2.04. The van der Waals surface area contributed by atoms with Crippen LogP contribution in [0.2, 0.25) is 0 Å². The minimum atomic E-state index is -0.412. The normalized spacial score (nSPS) is 16.8.